The van der Waals surface area contributed by atoms with E-state index in [9.17, 15) is 0 Å². The summed E-state index contributed by atoms with van der Waals surface area (Å²) in [6.45, 7) is 27.2. The second kappa shape index (κ2) is 13.8. The summed E-state index contributed by atoms with van der Waals surface area (Å²) in [5.74, 6) is 0. The molecule has 2 aromatic heterocycles. The molecule has 332 valence electrons. The Morgan fingerprint density at radius 3 is 1.10 bits per heavy atom. The first-order valence-electron chi connectivity index (χ1n) is 24.5. The SMILES string of the molecule is Cc1cc(C)c(B2c3cc4c(cc3N3c5cccc6c5N(c5cc7oc8cc(C(C)(C)C)ccc8c7cc5B6c5c(C)cc(C)cc5C)c5cccc2c53)oc2cc(C(C)(C)C)ccc24)c(C)c1. The van der Waals surface area contributed by atoms with Crippen LogP contribution in [-0.2, 0) is 10.8 Å². The molecule has 0 spiro atoms. The maximum absolute atomic E-state index is 6.95. The highest BCUT2D eigenvalue weighted by atomic mass is 16.3. The predicted octanol–water partition coefficient (Wildman–Crippen LogP) is 12.8. The molecule has 13 rings (SSSR count). The third-order valence-corrected chi connectivity index (χ3v) is 15.8. The number of fused-ring (bicyclic) bond motifs is 12. The molecule has 6 heteroatoms. The lowest BCUT2D eigenvalue weighted by molar-refractivity contribution is 0.587. The minimum absolute atomic E-state index is 0.000222. The highest BCUT2D eigenvalue weighted by Crippen LogP contribution is 2.56. The van der Waals surface area contributed by atoms with Crippen molar-refractivity contribution < 1.29 is 8.83 Å². The van der Waals surface area contributed by atoms with E-state index in [2.05, 4.69) is 214 Å². The molecule has 0 N–H and O–H groups in total. The van der Waals surface area contributed by atoms with Gasteiger partial charge in [0.15, 0.2) is 0 Å². The van der Waals surface area contributed by atoms with Crippen molar-refractivity contribution in [2.24, 2.45) is 0 Å². The van der Waals surface area contributed by atoms with E-state index in [1.807, 2.05) is 0 Å². The fourth-order valence-electron chi connectivity index (χ4n) is 12.8. The molecule has 3 aliphatic heterocycles. The number of benzene rings is 8. The van der Waals surface area contributed by atoms with Crippen LogP contribution in [0.5, 0.6) is 0 Å². The van der Waals surface area contributed by atoms with Crippen molar-refractivity contribution in [3.63, 3.8) is 0 Å². The summed E-state index contributed by atoms with van der Waals surface area (Å²) in [7, 11) is 0. The first-order chi connectivity index (χ1) is 32.4. The van der Waals surface area contributed by atoms with Gasteiger partial charge in [-0.2, -0.15) is 0 Å². The Kier molecular flexibility index (Phi) is 8.41. The summed E-state index contributed by atoms with van der Waals surface area (Å²) >= 11 is 0. The van der Waals surface area contributed by atoms with Crippen molar-refractivity contribution in [1.82, 2.24) is 0 Å². The lowest BCUT2D eigenvalue weighted by atomic mass is 9.33. The van der Waals surface area contributed by atoms with Crippen LogP contribution >= 0.6 is 0 Å². The Labute approximate surface area is 400 Å². The summed E-state index contributed by atoms with van der Waals surface area (Å²) in [5.41, 5.74) is 29.1. The molecular formula is C62H56B2N2O2. The lowest BCUT2D eigenvalue weighted by Gasteiger charge is -2.49. The quantitative estimate of drug-likeness (QED) is 0.162. The van der Waals surface area contributed by atoms with Gasteiger partial charge in [-0.1, -0.05) is 171 Å². The fraction of sp³-hybridized carbons (Fsp3) is 0.226. The zero-order chi connectivity index (χ0) is 47.0. The molecule has 8 aromatic carbocycles. The second-order valence-corrected chi connectivity index (χ2v) is 22.5. The van der Waals surface area contributed by atoms with Crippen molar-refractivity contribution in [2.45, 2.75) is 93.9 Å². The van der Waals surface area contributed by atoms with Crippen molar-refractivity contribution in [3.05, 3.63) is 166 Å². The average molecular weight is 883 g/mol. The minimum atomic E-state index is -0.0190. The zero-order valence-corrected chi connectivity index (χ0v) is 41.4. The number of rotatable bonds is 2. The molecule has 0 saturated heterocycles. The van der Waals surface area contributed by atoms with Gasteiger partial charge in [-0.3, -0.25) is 0 Å². The molecule has 0 bridgehead atoms. The number of hydrogen-bond acceptors (Lipinski definition) is 4. The van der Waals surface area contributed by atoms with Gasteiger partial charge in [0.2, 0.25) is 13.4 Å². The summed E-state index contributed by atoms with van der Waals surface area (Å²) in [5, 5.41) is 4.62. The number of aryl methyl sites for hydroxylation is 6. The van der Waals surface area contributed by atoms with Crippen molar-refractivity contribution in [2.75, 3.05) is 9.80 Å². The van der Waals surface area contributed by atoms with E-state index in [-0.39, 0.29) is 24.3 Å². The largest absolute Gasteiger partial charge is 0.456 e. The summed E-state index contributed by atoms with van der Waals surface area (Å²) < 4.78 is 13.9. The Morgan fingerprint density at radius 1 is 0.368 bits per heavy atom. The molecule has 0 saturated carbocycles. The van der Waals surface area contributed by atoms with Gasteiger partial charge in [0.25, 0.3) is 0 Å². The van der Waals surface area contributed by atoms with Crippen LogP contribution in [0.25, 0.3) is 43.9 Å². The maximum Gasteiger partial charge on any atom is 0.247 e. The van der Waals surface area contributed by atoms with E-state index in [4.69, 9.17) is 8.83 Å². The van der Waals surface area contributed by atoms with Crippen molar-refractivity contribution in [3.8, 4) is 0 Å². The molecule has 10 aromatic rings. The molecule has 5 heterocycles. The molecule has 68 heavy (non-hydrogen) atoms. The number of para-hydroxylation sites is 2. The number of anilines is 6. The third kappa shape index (κ3) is 5.70. The Balaban J connectivity index is 1.14. The first-order valence-corrected chi connectivity index (χ1v) is 24.5. The molecular weight excluding hydrogens is 826 g/mol. The first kappa shape index (κ1) is 41.3. The Morgan fingerprint density at radius 2 is 0.735 bits per heavy atom. The zero-order valence-electron chi connectivity index (χ0n) is 41.4. The molecule has 0 unspecified atom stereocenters. The number of hydrogen-bond donors (Lipinski definition) is 0. The van der Waals surface area contributed by atoms with E-state index in [0.717, 1.165) is 55.3 Å². The van der Waals surface area contributed by atoms with E-state index in [1.165, 1.54) is 100 Å². The van der Waals surface area contributed by atoms with Crippen molar-refractivity contribution >= 4 is 124 Å². The molecule has 0 radical (unpaired) electrons. The minimum Gasteiger partial charge on any atom is -0.456 e. The average Bonchev–Trinajstić information content (AvgIpc) is 3.82. The van der Waals surface area contributed by atoms with Crippen LogP contribution in [0.4, 0.5) is 34.1 Å². The van der Waals surface area contributed by atoms with Crippen LogP contribution in [0.2, 0.25) is 0 Å². The van der Waals surface area contributed by atoms with E-state index < -0.39 is 0 Å². The van der Waals surface area contributed by atoms with Gasteiger partial charge in [-0.15, -0.1) is 0 Å². The van der Waals surface area contributed by atoms with E-state index >= 15 is 0 Å². The predicted molar refractivity (Wildman–Crippen MR) is 292 cm³/mol. The normalized spacial score (nSPS) is 14.1. The Hall–Kier alpha value is -6.91. The smallest absolute Gasteiger partial charge is 0.247 e. The van der Waals surface area contributed by atoms with Gasteiger partial charge >= 0.3 is 0 Å². The standard InChI is InChI=1S/C62H56B2N2O2/c1-33-23-35(3)57(36(4)24-33)63-45-15-13-17-49-59(45)65(51-31-55-43(29-47(51)63)41-21-19-39(61(7,8)9)27-53(41)67-55)50-18-14-16-46-60(50)66(49)52-32-56-44(42-22-20-40(62(10,11)12)28-54(42)68-56)30-48(52)64(46)58-37(5)25-34(2)26-38(58)6/h13-32H,1-12H3. The molecule has 4 nitrogen and oxygen atoms in total. The molecule has 0 amide bonds. The summed E-state index contributed by atoms with van der Waals surface area (Å²) in [6.07, 6.45) is 0. The van der Waals surface area contributed by atoms with Gasteiger partial charge in [0.1, 0.15) is 22.3 Å². The van der Waals surface area contributed by atoms with Gasteiger partial charge in [0, 0.05) is 45.1 Å². The van der Waals surface area contributed by atoms with Crippen LogP contribution in [0.3, 0.4) is 0 Å². The monoisotopic (exact) mass is 882 g/mol. The summed E-state index contributed by atoms with van der Waals surface area (Å²) in [6, 6.07) is 46.8. The van der Waals surface area contributed by atoms with Gasteiger partial charge in [-0.05, 0) is 110 Å². The maximum atomic E-state index is 6.95. The van der Waals surface area contributed by atoms with Crippen molar-refractivity contribution in [1.29, 1.82) is 0 Å². The van der Waals surface area contributed by atoms with Gasteiger partial charge < -0.3 is 18.6 Å². The molecule has 3 aliphatic rings. The molecule has 0 atom stereocenters. The topological polar surface area (TPSA) is 32.8 Å². The number of nitrogens with zero attached hydrogens (tertiary/aromatic N) is 2. The fourth-order valence-corrected chi connectivity index (χ4v) is 12.8. The van der Waals surface area contributed by atoms with Crippen LogP contribution in [0.15, 0.2) is 130 Å². The summed E-state index contributed by atoms with van der Waals surface area (Å²) in [4.78, 5) is 5.17. The van der Waals surface area contributed by atoms with Crippen LogP contribution in [-0.4, -0.2) is 13.4 Å². The van der Waals surface area contributed by atoms with Crippen LogP contribution < -0.4 is 42.6 Å². The van der Waals surface area contributed by atoms with Gasteiger partial charge in [-0.25, -0.2) is 0 Å². The third-order valence-electron chi connectivity index (χ3n) is 15.8. The van der Waals surface area contributed by atoms with E-state index in [1.54, 1.807) is 0 Å². The highest BCUT2D eigenvalue weighted by Gasteiger charge is 2.47. The number of furan rings is 2. The highest BCUT2D eigenvalue weighted by molar-refractivity contribution is 7.00. The lowest BCUT2D eigenvalue weighted by Crippen LogP contribution is -2.61. The van der Waals surface area contributed by atoms with E-state index in [0.29, 0.717) is 0 Å². The van der Waals surface area contributed by atoms with Gasteiger partial charge in [0.05, 0.1) is 22.7 Å². The van der Waals surface area contributed by atoms with Crippen LogP contribution in [0.1, 0.15) is 86.1 Å². The Bertz CT molecular complexity index is 3580. The van der Waals surface area contributed by atoms with Crippen LogP contribution in [0, 0.1) is 41.5 Å². The molecule has 0 fully saturated rings. The second-order valence-electron chi connectivity index (χ2n) is 22.5. The molecule has 0 aliphatic carbocycles.